The minimum atomic E-state index is -1.66. The Morgan fingerprint density at radius 1 is 1.36 bits per heavy atom. The summed E-state index contributed by atoms with van der Waals surface area (Å²) in [6, 6.07) is 0. The largest absolute Gasteiger partial charge is 0.416 e. The number of rotatable bonds is 5. The third kappa shape index (κ3) is 3.92. The number of carbonyl (C=O) groups excluding carboxylic acids is 1. The predicted octanol–water partition coefficient (Wildman–Crippen LogP) is 3.23. The minimum absolute atomic E-state index is 0.0733. The molecule has 0 rings (SSSR count). The third-order valence-corrected chi connectivity index (χ3v) is 7.68. The van der Waals surface area contributed by atoms with E-state index < -0.39 is 8.32 Å². The molecular formula is C11H24O2Si. The molecule has 0 spiro atoms. The van der Waals surface area contributed by atoms with Gasteiger partial charge in [-0.25, -0.2) is 0 Å². The summed E-state index contributed by atoms with van der Waals surface area (Å²) in [4.78, 5) is 10.6. The molecule has 0 aliphatic carbocycles. The summed E-state index contributed by atoms with van der Waals surface area (Å²) in [6.07, 6.45) is 1.88. The summed E-state index contributed by atoms with van der Waals surface area (Å²) in [5.41, 5.74) is 0. The Kier molecular flexibility index (Phi) is 5.02. The van der Waals surface area contributed by atoms with Crippen LogP contribution in [0, 0.1) is 5.92 Å². The van der Waals surface area contributed by atoms with Gasteiger partial charge in [0, 0.05) is 12.5 Å². The molecule has 0 bridgehead atoms. The lowest BCUT2D eigenvalue weighted by molar-refractivity contribution is -0.112. The normalized spacial score (nSPS) is 15.3. The molecule has 1 atom stereocenters. The summed E-state index contributed by atoms with van der Waals surface area (Å²) in [6.45, 7) is 13.7. The summed E-state index contributed by atoms with van der Waals surface area (Å²) < 4.78 is 5.95. The zero-order chi connectivity index (χ0) is 11.4. The lowest BCUT2D eigenvalue weighted by Crippen LogP contribution is -2.42. The first kappa shape index (κ1) is 13.8. The van der Waals surface area contributed by atoms with Gasteiger partial charge in [0.25, 0.3) is 0 Å². The van der Waals surface area contributed by atoms with Crippen LogP contribution in [0.2, 0.25) is 18.1 Å². The average Bonchev–Trinajstić information content (AvgIpc) is 2.04. The number of carbonyl (C=O) groups is 1. The van der Waals surface area contributed by atoms with Crippen molar-refractivity contribution in [2.45, 2.75) is 52.2 Å². The van der Waals surface area contributed by atoms with Gasteiger partial charge in [0.15, 0.2) is 8.32 Å². The van der Waals surface area contributed by atoms with Crippen molar-refractivity contribution in [1.82, 2.24) is 0 Å². The van der Waals surface area contributed by atoms with E-state index in [0.717, 1.165) is 12.7 Å². The van der Waals surface area contributed by atoms with Gasteiger partial charge >= 0.3 is 0 Å². The second kappa shape index (κ2) is 5.08. The Balaban J connectivity index is 4.18. The van der Waals surface area contributed by atoms with Gasteiger partial charge in [0.05, 0.1) is 0 Å². The van der Waals surface area contributed by atoms with Crippen molar-refractivity contribution in [3.8, 4) is 0 Å². The summed E-state index contributed by atoms with van der Waals surface area (Å²) in [7, 11) is -1.66. The van der Waals surface area contributed by atoms with Crippen LogP contribution in [-0.4, -0.2) is 21.2 Å². The zero-order valence-electron chi connectivity index (χ0n) is 10.4. The first-order valence-corrected chi connectivity index (χ1v) is 8.24. The first-order valence-electron chi connectivity index (χ1n) is 5.34. The van der Waals surface area contributed by atoms with E-state index in [1.165, 1.54) is 0 Å². The molecule has 0 N–H and O–H groups in total. The standard InChI is InChI=1S/C11H24O2Si/c1-7-10(8-12)9-13-14(5,6)11(2,3)4/h8,10H,7,9H2,1-6H3/t10-/m0/s1. The fourth-order valence-corrected chi connectivity index (χ4v) is 1.85. The van der Waals surface area contributed by atoms with Crippen molar-refractivity contribution in [1.29, 1.82) is 0 Å². The van der Waals surface area contributed by atoms with Gasteiger partial charge in [-0.15, -0.1) is 0 Å². The van der Waals surface area contributed by atoms with Crippen LogP contribution in [0.4, 0.5) is 0 Å². The third-order valence-electron chi connectivity index (χ3n) is 3.18. The summed E-state index contributed by atoms with van der Waals surface area (Å²) in [5, 5.41) is 0.230. The van der Waals surface area contributed by atoms with Crippen LogP contribution >= 0.6 is 0 Å². The van der Waals surface area contributed by atoms with Crippen molar-refractivity contribution in [3.05, 3.63) is 0 Å². The predicted molar refractivity (Wildman–Crippen MR) is 63.0 cm³/mol. The maximum Gasteiger partial charge on any atom is 0.192 e. The van der Waals surface area contributed by atoms with Crippen LogP contribution in [0.3, 0.4) is 0 Å². The second-order valence-corrected chi connectivity index (χ2v) is 10.2. The Bertz CT molecular complexity index is 182. The molecule has 0 saturated carbocycles. The number of hydrogen-bond donors (Lipinski definition) is 0. The van der Waals surface area contributed by atoms with Gasteiger partial charge in [-0.2, -0.15) is 0 Å². The highest BCUT2D eigenvalue weighted by Crippen LogP contribution is 2.36. The highest BCUT2D eigenvalue weighted by atomic mass is 28.4. The Hall–Kier alpha value is -0.153. The van der Waals surface area contributed by atoms with Gasteiger partial charge in [0.1, 0.15) is 6.29 Å². The molecule has 0 unspecified atom stereocenters. The van der Waals surface area contributed by atoms with Crippen molar-refractivity contribution in [2.75, 3.05) is 6.61 Å². The molecule has 0 aliphatic rings. The Labute approximate surface area is 89.2 Å². The molecule has 0 aromatic rings. The molecule has 0 aliphatic heterocycles. The SMILES string of the molecule is CC[C@@H](C=O)CO[Si](C)(C)C(C)(C)C. The van der Waals surface area contributed by atoms with Crippen molar-refractivity contribution in [3.63, 3.8) is 0 Å². The smallest absolute Gasteiger partial charge is 0.192 e. The first-order chi connectivity index (χ1) is 6.24. The molecule has 0 fully saturated rings. The monoisotopic (exact) mass is 216 g/mol. The Morgan fingerprint density at radius 3 is 2.14 bits per heavy atom. The highest BCUT2D eigenvalue weighted by Gasteiger charge is 2.37. The number of hydrogen-bond acceptors (Lipinski definition) is 2. The van der Waals surface area contributed by atoms with Gasteiger partial charge in [-0.3, -0.25) is 0 Å². The van der Waals surface area contributed by atoms with E-state index in [1.807, 2.05) is 6.92 Å². The van der Waals surface area contributed by atoms with E-state index in [2.05, 4.69) is 33.9 Å². The molecule has 14 heavy (non-hydrogen) atoms. The molecule has 3 heteroatoms. The van der Waals surface area contributed by atoms with E-state index in [0.29, 0.717) is 6.61 Å². The topological polar surface area (TPSA) is 26.3 Å². The second-order valence-electron chi connectivity index (χ2n) is 5.38. The molecule has 0 radical (unpaired) electrons. The fraction of sp³-hybridized carbons (Fsp3) is 0.909. The van der Waals surface area contributed by atoms with Crippen LogP contribution in [0.5, 0.6) is 0 Å². The van der Waals surface area contributed by atoms with Crippen LogP contribution in [0.1, 0.15) is 34.1 Å². The van der Waals surface area contributed by atoms with E-state index in [1.54, 1.807) is 0 Å². The maximum atomic E-state index is 10.6. The van der Waals surface area contributed by atoms with Gasteiger partial charge < -0.3 is 9.22 Å². The van der Waals surface area contributed by atoms with Crippen LogP contribution in [-0.2, 0) is 9.22 Å². The van der Waals surface area contributed by atoms with Crippen LogP contribution in [0.15, 0.2) is 0 Å². The van der Waals surface area contributed by atoms with E-state index in [4.69, 9.17) is 4.43 Å². The molecule has 0 aromatic heterocycles. The molecule has 2 nitrogen and oxygen atoms in total. The lowest BCUT2D eigenvalue weighted by Gasteiger charge is -2.36. The molecule has 0 saturated heterocycles. The highest BCUT2D eigenvalue weighted by molar-refractivity contribution is 6.74. The lowest BCUT2D eigenvalue weighted by atomic mass is 10.1. The maximum absolute atomic E-state index is 10.6. The molecular weight excluding hydrogens is 192 g/mol. The molecule has 0 aromatic carbocycles. The zero-order valence-corrected chi connectivity index (χ0v) is 11.4. The fourth-order valence-electron chi connectivity index (χ4n) is 0.785. The van der Waals surface area contributed by atoms with Crippen molar-refractivity contribution >= 4 is 14.6 Å². The Morgan fingerprint density at radius 2 is 1.86 bits per heavy atom. The van der Waals surface area contributed by atoms with E-state index in [-0.39, 0.29) is 11.0 Å². The van der Waals surface area contributed by atoms with Gasteiger partial charge in [0.2, 0.25) is 0 Å². The van der Waals surface area contributed by atoms with Crippen LogP contribution in [0.25, 0.3) is 0 Å². The summed E-state index contributed by atoms with van der Waals surface area (Å²) in [5.74, 6) is 0.0733. The number of aldehydes is 1. The average molecular weight is 216 g/mol. The van der Waals surface area contributed by atoms with Crippen molar-refractivity contribution in [2.24, 2.45) is 5.92 Å². The summed E-state index contributed by atoms with van der Waals surface area (Å²) >= 11 is 0. The van der Waals surface area contributed by atoms with E-state index >= 15 is 0 Å². The van der Waals surface area contributed by atoms with E-state index in [9.17, 15) is 4.79 Å². The molecule has 0 heterocycles. The minimum Gasteiger partial charge on any atom is -0.416 e. The van der Waals surface area contributed by atoms with Crippen LogP contribution < -0.4 is 0 Å². The van der Waals surface area contributed by atoms with Gasteiger partial charge in [-0.05, 0) is 24.6 Å². The quantitative estimate of drug-likeness (QED) is 0.521. The van der Waals surface area contributed by atoms with Crippen molar-refractivity contribution < 1.29 is 9.22 Å². The molecule has 0 amide bonds. The molecule has 84 valence electrons. The van der Waals surface area contributed by atoms with Gasteiger partial charge in [-0.1, -0.05) is 27.7 Å².